The number of amides is 1. The summed E-state index contributed by atoms with van der Waals surface area (Å²) in [6, 6.07) is 12.8. The van der Waals surface area contributed by atoms with Crippen LogP contribution in [0.3, 0.4) is 0 Å². The van der Waals surface area contributed by atoms with Crippen molar-refractivity contribution in [3.63, 3.8) is 0 Å². The van der Waals surface area contributed by atoms with E-state index in [0.29, 0.717) is 25.7 Å². The number of likely N-dealkylation sites (tertiary alicyclic amines) is 1. The molecule has 1 unspecified atom stereocenters. The van der Waals surface area contributed by atoms with Crippen molar-refractivity contribution in [3.05, 3.63) is 51.7 Å². The van der Waals surface area contributed by atoms with Crippen molar-refractivity contribution in [3.8, 4) is 5.75 Å². The minimum atomic E-state index is 0.180. The van der Waals surface area contributed by atoms with Gasteiger partial charge in [0, 0.05) is 29.4 Å². The predicted octanol–water partition coefficient (Wildman–Crippen LogP) is 4.25. The monoisotopic (exact) mass is 372 g/mol. The number of benzene rings is 1. The fraction of sp³-hybridized carbons (Fsp3) is 0.476. The van der Waals surface area contributed by atoms with Gasteiger partial charge in [0.05, 0.1) is 13.2 Å². The summed E-state index contributed by atoms with van der Waals surface area (Å²) in [6.45, 7) is 6.91. The van der Waals surface area contributed by atoms with E-state index in [2.05, 4.69) is 24.0 Å². The summed E-state index contributed by atoms with van der Waals surface area (Å²) >= 11 is 1.85. The van der Waals surface area contributed by atoms with Gasteiger partial charge in [-0.15, -0.1) is 11.3 Å². The molecule has 0 bridgehead atoms. The first-order chi connectivity index (χ1) is 12.6. The van der Waals surface area contributed by atoms with E-state index in [4.69, 9.17) is 4.74 Å². The summed E-state index contributed by atoms with van der Waals surface area (Å²) < 4.78 is 5.47. The zero-order valence-electron chi connectivity index (χ0n) is 15.9. The Morgan fingerprint density at radius 3 is 2.69 bits per heavy atom. The Bertz CT molecular complexity index is 726. The van der Waals surface area contributed by atoms with Crippen LogP contribution in [-0.4, -0.2) is 42.5 Å². The van der Waals surface area contributed by atoms with Gasteiger partial charge >= 0.3 is 0 Å². The Balaban J connectivity index is 1.56. The van der Waals surface area contributed by atoms with Crippen LogP contribution in [-0.2, 0) is 11.3 Å². The number of carbonyl (C=O) groups excluding carboxylic acids is 1. The molecule has 1 aromatic heterocycles. The van der Waals surface area contributed by atoms with Crippen LogP contribution in [0.1, 0.15) is 41.1 Å². The van der Waals surface area contributed by atoms with Crippen molar-refractivity contribution in [1.29, 1.82) is 0 Å². The fourth-order valence-electron chi connectivity index (χ4n) is 3.48. The van der Waals surface area contributed by atoms with Crippen molar-refractivity contribution in [2.75, 3.05) is 26.7 Å². The van der Waals surface area contributed by atoms with E-state index >= 15 is 0 Å². The van der Waals surface area contributed by atoms with Gasteiger partial charge in [0.25, 0.3) is 0 Å². The Kier molecular flexibility index (Phi) is 6.33. The number of hydrogen-bond donors (Lipinski definition) is 0. The summed E-state index contributed by atoms with van der Waals surface area (Å²) in [5.74, 6) is 1.05. The zero-order chi connectivity index (χ0) is 18.5. The average molecular weight is 373 g/mol. The summed E-state index contributed by atoms with van der Waals surface area (Å²) in [5, 5.41) is 0. The molecule has 140 valence electrons. The third-order valence-electron chi connectivity index (χ3n) is 4.87. The highest BCUT2D eigenvalue weighted by Crippen LogP contribution is 2.35. The van der Waals surface area contributed by atoms with Crippen molar-refractivity contribution < 1.29 is 9.53 Å². The summed E-state index contributed by atoms with van der Waals surface area (Å²) in [7, 11) is 1.89. The standard InChI is InChI=1S/C21H28N2O2S/c1-4-25-18-10-8-17(9-11-18)14-22(3)21(24)15-23-13-5-6-19(23)20-12-7-16(2)26-20/h7-12,19H,4-6,13-15H2,1-3H3. The van der Waals surface area contributed by atoms with Crippen LogP contribution in [0.5, 0.6) is 5.75 Å². The molecule has 1 aromatic carbocycles. The normalized spacial score (nSPS) is 17.4. The quantitative estimate of drug-likeness (QED) is 0.728. The molecular weight excluding hydrogens is 344 g/mol. The second-order valence-corrected chi connectivity index (χ2v) is 8.22. The fourth-order valence-corrected chi connectivity index (χ4v) is 4.53. The summed E-state index contributed by atoms with van der Waals surface area (Å²) in [5.41, 5.74) is 1.12. The molecule has 0 radical (unpaired) electrons. The first-order valence-electron chi connectivity index (χ1n) is 9.33. The van der Waals surface area contributed by atoms with Gasteiger partial charge in [-0.1, -0.05) is 12.1 Å². The summed E-state index contributed by atoms with van der Waals surface area (Å²) in [6.07, 6.45) is 2.31. The van der Waals surface area contributed by atoms with Gasteiger partial charge < -0.3 is 9.64 Å². The van der Waals surface area contributed by atoms with Gasteiger partial charge in [-0.2, -0.15) is 0 Å². The van der Waals surface area contributed by atoms with E-state index in [1.54, 1.807) is 0 Å². The lowest BCUT2D eigenvalue weighted by molar-refractivity contribution is -0.131. The molecule has 0 N–H and O–H groups in total. The number of nitrogens with zero attached hydrogens (tertiary/aromatic N) is 2. The average Bonchev–Trinajstić information content (AvgIpc) is 3.25. The highest BCUT2D eigenvalue weighted by atomic mass is 32.1. The van der Waals surface area contributed by atoms with Crippen molar-refractivity contribution >= 4 is 17.2 Å². The molecule has 0 saturated carbocycles. The van der Waals surface area contributed by atoms with Crippen LogP contribution in [0.15, 0.2) is 36.4 Å². The van der Waals surface area contributed by atoms with Crippen LogP contribution in [0.4, 0.5) is 0 Å². The number of thiophene rings is 1. The highest BCUT2D eigenvalue weighted by Gasteiger charge is 2.29. The maximum atomic E-state index is 12.7. The Hall–Kier alpha value is -1.85. The van der Waals surface area contributed by atoms with Crippen molar-refractivity contribution in [2.45, 2.75) is 39.3 Å². The molecule has 1 aliphatic heterocycles. The first kappa shape index (κ1) is 18.9. The number of hydrogen-bond acceptors (Lipinski definition) is 4. The van der Waals surface area contributed by atoms with Crippen LogP contribution >= 0.6 is 11.3 Å². The maximum absolute atomic E-state index is 12.7. The molecule has 3 rings (SSSR count). The van der Waals surface area contributed by atoms with Crippen LogP contribution < -0.4 is 4.74 Å². The minimum absolute atomic E-state index is 0.180. The van der Waals surface area contributed by atoms with E-state index in [9.17, 15) is 4.79 Å². The van der Waals surface area contributed by atoms with Crippen LogP contribution in [0.2, 0.25) is 0 Å². The molecule has 0 aliphatic carbocycles. The molecule has 1 aliphatic rings. The molecule has 1 saturated heterocycles. The van der Waals surface area contributed by atoms with E-state index in [1.165, 1.54) is 9.75 Å². The van der Waals surface area contributed by atoms with E-state index in [1.807, 2.05) is 54.5 Å². The van der Waals surface area contributed by atoms with E-state index in [0.717, 1.165) is 30.7 Å². The molecule has 5 heteroatoms. The molecule has 2 heterocycles. The number of aryl methyl sites for hydroxylation is 1. The number of carbonyl (C=O) groups is 1. The minimum Gasteiger partial charge on any atom is -0.494 e. The van der Waals surface area contributed by atoms with Crippen LogP contribution in [0, 0.1) is 6.92 Å². The molecule has 0 spiro atoms. The predicted molar refractivity (Wildman–Crippen MR) is 107 cm³/mol. The number of rotatable bonds is 7. The lowest BCUT2D eigenvalue weighted by Gasteiger charge is -2.26. The molecule has 4 nitrogen and oxygen atoms in total. The van der Waals surface area contributed by atoms with Crippen LogP contribution in [0.25, 0.3) is 0 Å². The van der Waals surface area contributed by atoms with Gasteiger partial charge in [-0.3, -0.25) is 9.69 Å². The Morgan fingerprint density at radius 1 is 1.27 bits per heavy atom. The molecule has 2 aromatic rings. The number of ether oxygens (including phenoxy) is 1. The van der Waals surface area contributed by atoms with Gasteiger partial charge in [-0.05, 0) is 63.1 Å². The van der Waals surface area contributed by atoms with Crippen molar-refractivity contribution in [2.24, 2.45) is 0 Å². The first-order valence-corrected chi connectivity index (χ1v) is 10.1. The smallest absolute Gasteiger partial charge is 0.236 e. The van der Waals surface area contributed by atoms with Crippen molar-refractivity contribution in [1.82, 2.24) is 9.80 Å². The number of likely N-dealkylation sites (N-methyl/N-ethyl adjacent to an activating group) is 1. The highest BCUT2D eigenvalue weighted by molar-refractivity contribution is 7.12. The topological polar surface area (TPSA) is 32.8 Å². The third kappa shape index (κ3) is 4.65. The van der Waals surface area contributed by atoms with Gasteiger partial charge in [0.1, 0.15) is 5.75 Å². The third-order valence-corrected chi connectivity index (χ3v) is 5.97. The van der Waals surface area contributed by atoms with Gasteiger partial charge in [-0.25, -0.2) is 0 Å². The van der Waals surface area contributed by atoms with E-state index < -0.39 is 0 Å². The van der Waals surface area contributed by atoms with E-state index in [-0.39, 0.29) is 5.91 Å². The lowest BCUT2D eigenvalue weighted by Crippen LogP contribution is -2.37. The Morgan fingerprint density at radius 2 is 2.04 bits per heavy atom. The lowest BCUT2D eigenvalue weighted by atomic mass is 10.2. The molecule has 1 amide bonds. The Labute approximate surface area is 160 Å². The molecule has 1 atom stereocenters. The maximum Gasteiger partial charge on any atom is 0.236 e. The van der Waals surface area contributed by atoms with Gasteiger partial charge in [0.15, 0.2) is 0 Å². The second-order valence-electron chi connectivity index (χ2n) is 6.90. The SMILES string of the molecule is CCOc1ccc(CN(C)C(=O)CN2CCCC2c2ccc(C)s2)cc1. The second kappa shape index (κ2) is 8.69. The zero-order valence-corrected chi connectivity index (χ0v) is 16.7. The summed E-state index contributed by atoms with van der Waals surface area (Å²) in [4.78, 5) is 19.6. The molecule has 26 heavy (non-hydrogen) atoms. The molecular formula is C21H28N2O2S. The molecule has 1 fully saturated rings. The largest absolute Gasteiger partial charge is 0.494 e. The van der Waals surface area contributed by atoms with Gasteiger partial charge in [0.2, 0.25) is 5.91 Å².